The molecule has 0 bridgehead atoms. The summed E-state index contributed by atoms with van der Waals surface area (Å²) in [7, 11) is 0. The highest BCUT2D eigenvalue weighted by molar-refractivity contribution is 5.77. The summed E-state index contributed by atoms with van der Waals surface area (Å²) in [5.74, 6) is -0.150. The molecular weight excluding hydrogens is 309 g/mol. The second kappa shape index (κ2) is 5.55. The molecule has 4 atom stereocenters. The molecule has 2 aromatic heterocycles. The molecule has 0 aromatic carbocycles. The van der Waals surface area contributed by atoms with Gasteiger partial charge in [-0.3, -0.25) is 4.57 Å². The van der Waals surface area contributed by atoms with Crippen molar-refractivity contribution in [1.29, 1.82) is 0 Å². The van der Waals surface area contributed by atoms with Crippen LogP contribution in [-0.2, 0) is 4.74 Å². The van der Waals surface area contributed by atoms with Gasteiger partial charge in [0.2, 0.25) is 11.8 Å². The number of aliphatic hydroxyl groups is 2. The lowest BCUT2D eigenvalue weighted by Gasteiger charge is -2.24. The molecule has 23 heavy (non-hydrogen) atoms. The van der Waals surface area contributed by atoms with E-state index < -0.39 is 37.6 Å². The van der Waals surface area contributed by atoms with Crippen molar-refractivity contribution in [1.82, 2.24) is 19.5 Å². The van der Waals surface area contributed by atoms with Crippen molar-refractivity contribution in [2.24, 2.45) is 0 Å². The van der Waals surface area contributed by atoms with Gasteiger partial charge in [-0.15, -0.1) is 0 Å². The Morgan fingerprint density at radius 1 is 1.61 bits per heavy atom. The number of ether oxygens (including phenoxy) is 2. The Hall–Kier alpha value is -2.04. The largest absolute Gasteiger partial charge is 0.476 e. The molecule has 3 heterocycles. The number of anilines is 1. The van der Waals surface area contributed by atoms with Crippen LogP contribution in [0.3, 0.4) is 0 Å². The highest BCUT2D eigenvalue weighted by Gasteiger charge is 2.55. The molecular formula is C13H18FN5O4. The Morgan fingerprint density at radius 2 is 2.39 bits per heavy atom. The molecule has 0 radical (unpaired) electrons. The number of nitrogens with two attached hydrogens (primary N) is 1. The first-order valence-electron chi connectivity index (χ1n) is 8.41. The quantitative estimate of drug-likeness (QED) is 0.702. The van der Waals surface area contributed by atoms with Crippen molar-refractivity contribution in [2.75, 3.05) is 18.9 Å². The van der Waals surface area contributed by atoms with E-state index in [-0.39, 0.29) is 29.6 Å². The minimum atomic E-state index is -3.25. The van der Waals surface area contributed by atoms with Crippen LogP contribution in [0.4, 0.5) is 10.3 Å². The Kier molecular flexibility index (Phi) is 2.99. The Balaban J connectivity index is 2.18. The van der Waals surface area contributed by atoms with Crippen molar-refractivity contribution >= 4 is 17.1 Å². The molecule has 10 heteroatoms. The van der Waals surface area contributed by atoms with E-state index in [1.165, 1.54) is 0 Å². The summed E-state index contributed by atoms with van der Waals surface area (Å²) in [4.78, 5) is 11.9. The van der Waals surface area contributed by atoms with Gasteiger partial charge in [-0.2, -0.15) is 9.97 Å². The molecule has 2 aromatic rings. The minimum absolute atomic E-state index is 0.0250. The fourth-order valence-corrected chi connectivity index (χ4v) is 2.48. The maximum atomic E-state index is 15.6. The third kappa shape index (κ3) is 2.38. The van der Waals surface area contributed by atoms with Gasteiger partial charge in [0.25, 0.3) is 0 Å². The summed E-state index contributed by atoms with van der Waals surface area (Å²) in [5.41, 5.74) is 2.53. The average molecular weight is 330 g/mol. The van der Waals surface area contributed by atoms with E-state index in [1.807, 2.05) is 0 Å². The van der Waals surface area contributed by atoms with Gasteiger partial charge in [-0.25, -0.2) is 9.37 Å². The monoisotopic (exact) mass is 330 g/mol. The van der Waals surface area contributed by atoms with Crippen LogP contribution in [0, 0.1) is 0 Å². The summed E-state index contributed by atoms with van der Waals surface area (Å²) in [5, 5.41) is 19.4. The number of halogens is 1. The average Bonchev–Trinajstić information content (AvgIpc) is 3.08. The van der Waals surface area contributed by atoms with Gasteiger partial charge in [0.15, 0.2) is 23.1 Å². The molecule has 4 N–H and O–H groups in total. The summed E-state index contributed by atoms with van der Waals surface area (Å²) in [6, 6.07) is 0. The van der Waals surface area contributed by atoms with E-state index in [2.05, 4.69) is 15.0 Å². The first kappa shape index (κ1) is 12.4. The highest BCUT2D eigenvalue weighted by Crippen LogP contribution is 2.42. The van der Waals surface area contributed by atoms with Crippen LogP contribution in [-0.4, -0.2) is 60.8 Å². The zero-order chi connectivity index (χ0) is 19.3. The van der Waals surface area contributed by atoms with Crippen LogP contribution in [0.1, 0.15) is 24.1 Å². The SMILES string of the molecule is [2H]C([2H])([2H])[C@@]1(F)[C@H](O)[C@@H](CO)O[C@H]1n1cnc2c(OCC)nc(N)nc21. The van der Waals surface area contributed by atoms with Crippen molar-refractivity contribution in [3.8, 4) is 5.88 Å². The van der Waals surface area contributed by atoms with Crippen LogP contribution in [0.5, 0.6) is 5.88 Å². The maximum Gasteiger partial charge on any atom is 0.247 e. The number of hydrogen-bond acceptors (Lipinski definition) is 8. The molecule has 0 spiro atoms. The lowest BCUT2D eigenvalue weighted by molar-refractivity contribution is -0.0566. The van der Waals surface area contributed by atoms with E-state index in [0.29, 0.717) is 0 Å². The summed E-state index contributed by atoms with van der Waals surface area (Å²) in [6.45, 7) is -2.05. The van der Waals surface area contributed by atoms with Crippen molar-refractivity contribution in [3.63, 3.8) is 0 Å². The lowest BCUT2D eigenvalue weighted by atomic mass is 9.98. The molecule has 1 aliphatic heterocycles. The number of aromatic nitrogens is 4. The van der Waals surface area contributed by atoms with Gasteiger partial charge in [0.05, 0.1) is 19.5 Å². The van der Waals surface area contributed by atoms with Gasteiger partial charge in [-0.05, 0) is 13.8 Å². The second-order valence-electron chi connectivity index (χ2n) is 5.07. The second-order valence-corrected chi connectivity index (χ2v) is 5.07. The molecule has 0 amide bonds. The van der Waals surface area contributed by atoms with E-state index in [4.69, 9.17) is 19.3 Å². The molecule has 9 nitrogen and oxygen atoms in total. The molecule has 1 fully saturated rings. The Bertz CT molecular complexity index is 819. The lowest BCUT2D eigenvalue weighted by Crippen LogP contribution is -2.40. The maximum absolute atomic E-state index is 15.6. The van der Waals surface area contributed by atoms with Crippen LogP contribution < -0.4 is 10.5 Å². The zero-order valence-corrected chi connectivity index (χ0v) is 12.2. The number of hydrogen-bond donors (Lipinski definition) is 3. The van der Waals surface area contributed by atoms with E-state index in [0.717, 1.165) is 10.9 Å². The van der Waals surface area contributed by atoms with Crippen molar-refractivity contribution in [3.05, 3.63) is 6.33 Å². The zero-order valence-electron chi connectivity index (χ0n) is 15.2. The summed E-state index contributed by atoms with van der Waals surface area (Å²) in [6.07, 6.45) is -4.25. The Labute approximate surface area is 135 Å². The predicted molar refractivity (Wildman–Crippen MR) is 77.4 cm³/mol. The number of alkyl halides is 1. The fourth-order valence-electron chi connectivity index (χ4n) is 2.48. The standard InChI is InChI=1S/C13H18FN5O4/c1-3-22-10-7-9(17-12(15)18-10)19(5-16-7)11-13(2,14)8(21)6(4-20)23-11/h5-6,8,11,20-21H,3-4H2,1-2H3,(H2,15,17,18)/t6-,8-,11-,13-/m1/s1/i2D3. The Morgan fingerprint density at radius 3 is 3.04 bits per heavy atom. The first-order valence-corrected chi connectivity index (χ1v) is 6.91. The van der Waals surface area contributed by atoms with E-state index in [1.54, 1.807) is 6.92 Å². The summed E-state index contributed by atoms with van der Waals surface area (Å²) >= 11 is 0. The van der Waals surface area contributed by atoms with Gasteiger partial charge in [0, 0.05) is 4.11 Å². The first-order chi connectivity index (χ1) is 12.1. The van der Waals surface area contributed by atoms with Gasteiger partial charge in [-0.1, -0.05) is 0 Å². The third-order valence-corrected chi connectivity index (χ3v) is 3.57. The van der Waals surface area contributed by atoms with Crippen LogP contribution in [0.25, 0.3) is 11.2 Å². The van der Waals surface area contributed by atoms with Gasteiger partial charge in [0.1, 0.15) is 12.2 Å². The molecule has 0 unspecified atom stereocenters. The number of fused-ring (bicyclic) bond motifs is 1. The number of nitrogens with zero attached hydrogens (tertiary/aromatic N) is 4. The molecule has 1 saturated heterocycles. The van der Waals surface area contributed by atoms with Crippen LogP contribution >= 0.6 is 0 Å². The molecule has 1 aliphatic rings. The van der Waals surface area contributed by atoms with E-state index in [9.17, 15) is 10.2 Å². The van der Waals surface area contributed by atoms with Gasteiger partial charge >= 0.3 is 0 Å². The third-order valence-electron chi connectivity index (χ3n) is 3.57. The van der Waals surface area contributed by atoms with Crippen LogP contribution in [0.15, 0.2) is 6.33 Å². The molecule has 0 saturated carbocycles. The van der Waals surface area contributed by atoms with Crippen molar-refractivity contribution < 1.29 is 28.2 Å². The predicted octanol–water partition coefficient (Wildman–Crippen LogP) is -0.214. The minimum Gasteiger partial charge on any atom is -0.476 e. The number of nitrogen functional groups attached to an aromatic ring is 1. The number of rotatable bonds is 4. The smallest absolute Gasteiger partial charge is 0.247 e. The summed E-state index contributed by atoms with van der Waals surface area (Å²) < 4.78 is 49.8. The fraction of sp³-hybridized carbons (Fsp3) is 0.615. The van der Waals surface area contributed by atoms with E-state index >= 15 is 4.39 Å². The molecule has 0 aliphatic carbocycles. The van der Waals surface area contributed by atoms with Crippen LogP contribution in [0.2, 0.25) is 0 Å². The normalized spacial score (nSPS) is 33.4. The highest BCUT2D eigenvalue weighted by atomic mass is 19.1. The number of imidazole rings is 1. The number of aliphatic hydroxyl groups excluding tert-OH is 2. The topological polar surface area (TPSA) is 129 Å². The molecule has 3 rings (SSSR count). The van der Waals surface area contributed by atoms with Crippen molar-refractivity contribution in [2.45, 2.75) is 37.9 Å². The van der Waals surface area contributed by atoms with Gasteiger partial charge < -0.3 is 25.4 Å². The molecule has 126 valence electrons.